The van der Waals surface area contributed by atoms with Gasteiger partial charge in [-0.1, -0.05) is 26.0 Å². The van der Waals surface area contributed by atoms with E-state index in [-0.39, 0.29) is 6.61 Å². The molecule has 0 aromatic heterocycles. The molecule has 0 aliphatic carbocycles. The van der Waals surface area contributed by atoms with E-state index < -0.39 is 10.0 Å². The van der Waals surface area contributed by atoms with Crippen molar-refractivity contribution in [1.82, 2.24) is 4.31 Å². The monoisotopic (exact) mass is 271 g/mol. The molecule has 0 spiro atoms. The van der Waals surface area contributed by atoms with Crippen LogP contribution >= 0.6 is 0 Å². The topological polar surface area (TPSA) is 57.6 Å². The van der Waals surface area contributed by atoms with Gasteiger partial charge in [0.15, 0.2) is 0 Å². The van der Waals surface area contributed by atoms with Crippen LogP contribution in [0.25, 0.3) is 0 Å². The van der Waals surface area contributed by atoms with E-state index in [1.165, 1.54) is 4.31 Å². The molecule has 0 aliphatic heterocycles. The van der Waals surface area contributed by atoms with Crippen molar-refractivity contribution in [3.05, 3.63) is 29.8 Å². The van der Waals surface area contributed by atoms with E-state index in [4.69, 9.17) is 5.11 Å². The summed E-state index contributed by atoms with van der Waals surface area (Å²) in [5.41, 5.74) is 0.940. The lowest BCUT2D eigenvalue weighted by molar-refractivity contribution is 0.299. The lowest BCUT2D eigenvalue weighted by Crippen LogP contribution is -2.31. The fraction of sp³-hybridized carbons (Fsp3) is 0.538. The van der Waals surface area contributed by atoms with E-state index in [2.05, 4.69) is 0 Å². The van der Waals surface area contributed by atoms with Crippen molar-refractivity contribution in [3.63, 3.8) is 0 Å². The fourth-order valence-electron chi connectivity index (χ4n) is 1.80. The third-order valence-corrected chi connectivity index (χ3v) is 4.78. The minimum Gasteiger partial charge on any atom is -0.396 e. The second-order valence-corrected chi connectivity index (χ2v) is 6.05. The van der Waals surface area contributed by atoms with Crippen LogP contribution in [0.5, 0.6) is 0 Å². The van der Waals surface area contributed by atoms with Gasteiger partial charge in [-0.2, -0.15) is 4.31 Å². The second kappa shape index (κ2) is 6.87. The first kappa shape index (κ1) is 15.1. The van der Waals surface area contributed by atoms with E-state index in [9.17, 15) is 8.42 Å². The first-order chi connectivity index (χ1) is 8.56. The van der Waals surface area contributed by atoms with Crippen molar-refractivity contribution in [3.8, 4) is 0 Å². The number of aliphatic hydroxyl groups is 1. The standard InChI is InChI=1S/C13H21NO3S/c1-3-10-14(4-2)18(16,17)13-7-5-12(6-8-13)9-11-15/h5-8,15H,3-4,9-11H2,1-2H3. The highest BCUT2D eigenvalue weighted by Gasteiger charge is 2.21. The number of hydrogen-bond donors (Lipinski definition) is 1. The van der Waals surface area contributed by atoms with Crippen LogP contribution in [0.1, 0.15) is 25.8 Å². The molecule has 0 fully saturated rings. The quantitative estimate of drug-likeness (QED) is 0.820. The second-order valence-electron chi connectivity index (χ2n) is 4.11. The molecule has 5 heteroatoms. The molecule has 18 heavy (non-hydrogen) atoms. The molecule has 0 saturated heterocycles. The van der Waals surface area contributed by atoms with Gasteiger partial charge in [0, 0.05) is 19.7 Å². The minimum atomic E-state index is -3.37. The Morgan fingerprint density at radius 3 is 2.22 bits per heavy atom. The Bertz CT molecular complexity index is 454. The molecule has 0 saturated carbocycles. The van der Waals surface area contributed by atoms with Crippen LogP contribution in [0.3, 0.4) is 0 Å². The zero-order valence-corrected chi connectivity index (χ0v) is 11.8. The van der Waals surface area contributed by atoms with Crippen LogP contribution in [0, 0.1) is 0 Å². The van der Waals surface area contributed by atoms with E-state index >= 15 is 0 Å². The molecular weight excluding hydrogens is 250 g/mol. The van der Waals surface area contributed by atoms with E-state index in [0.717, 1.165) is 12.0 Å². The van der Waals surface area contributed by atoms with Crippen molar-refractivity contribution in [2.75, 3.05) is 19.7 Å². The van der Waals surface area contributed by atoms with Crippen molar-refractivity contribution < 1.29 is 13.5 Å². The number of benzene rings is 1. The van der Waals surface area contributed by atoms with E-state index in [1.807, 2.05) is 13.8 Å². The van der Waals surface area contributed by atoms with Gasteiger partial charge in [0.05, 0.1) is 4.90 Å². The van der Waals surface area contributed by atoms with Gasteiger partial charge in [-0.25, -0.2) is 8.42 Å². The normalized spacial score (nSPS) is 12.0. The number of rotatable bonds is 7. The third kappa shape index (κ3) is 3.54. The van der Waals surface area contributed by atoms with Crippen LogP contribution in [-0.4, -0.2) is 37.5 Å². The summed E-state index contributed by atoms with van der Waals surface area (Å²) in [4.78, 5) is 0.319. The average molecular weight is 271 g/mol. The van der Waals surface area contributed by atoms with E-state index in [0.29, 0.717) is 24.4 Å². The zero-order valence-electron chi connectivity index (χ0n) is 11.0. The van der Waals surface area contributed by atoms with E-state index in [1.54, 1.807) is 24.3 Å². The van der Waals surface area contributed by atoms with Gasteiger partial charge in [0.1, 0.15) is 0 Å². The average Bonchev–Trinajstić information content (AvgIpc) is 2.36. The van der Waals surface area contributed by atoms with Crippen molar-refractivity contribution in [2.24, 2.45) is 0 Å². The van der Waals surface area contributed by atoms with Crippen molar-refractivity contribution in [1.29, 1.82) is 0 Å². The maximum absolute atomic E-state index is 12.3. The van der Waals surface area contributed by atoms with Crippen molar-refractivity contribution in [2.45, 2.75) is 31.6 Å². The van der Waals surface area contributed by atoms with Gasteiger partial charge in [0.2, 0.25) is 10.0 Å². The summed E-state index contributed by atoms with van der Waals surface area (Å²) in [5, 5.41) is 8.82. The summed E-state index contributed by atoms with van der Waals surface area (Å²) in [6.45, 7) is 4.89. The first-order valence-corrected chi connectivity index (χ1v) is 7.70. The van der Waals surface area contributed by atoms with Crippen LogP contribution in [0.15, 0.2) is 29.2 Å². The van der Waals surface area contributed by atoms with Crippen LogP contribution < -0.4 is 0 Å². The summed E-state index contributed by atoms with van der Waals surface area (Å²) < 4.78 is 26.1. The van der Waals surface area contributed by atoms with Gasteiger partial charge in [0.25, 0.3) is 0 Å². The summed E-state index contributed by atoms with van der Waals surface area (Å²) in [6, 6.07) is 6.73. The minimum absolute atomic E-state index is 0.0724. The maximum Gasteiger partial charge on any atom is 0.243 e. The van der Waals surface area contributed by atoms with Crippen LogP contribution in [-0.2, 0) is 16.4 Å². The molecule has 4 nitrogen and oxygen atoms in total. The molecule has 0 radical (unpaired) electrons. The predicted molar refractivity (Wildman–Crippen MR) is 72.0 cm³/mol. The summed E-state index contributed by atoms with van der Waals surface area (Å²) in [7, 11) is -3.37. The Morgan fingerprint density at radius 1 is 1.17 bits per heavy atom. The zero-order chi connectivity index (χ0) is 13.6. The van der Waals surface area contributed by atoms with Gasteiger partial charge in [-0.3, -0.25) is 0 Å². The van der Waals surface area contributed by atoms with Gasteiger partial charge >= 0.3 is 0 Å². The molecule has 1 N–H and O–H groups in total. The lowest BCUT2D eigenvalue weighted by atomic mass is 10.2. The largest absolute Gasteiger partial charge is 0.396 e. The summed E-state index contributed by atoms with van der Waals surface area (Å²) in [5.74, 6) is 0. The Labute approximate surface area is 109 Å². The van der Waals surface area contributed by atoms with Crippen LogP contribution in [0.2, 0.25) is 0 Å². The lowest BCUT2D eigenvalue weighted by Gasteiger charge is -2.19. The van der Waals surface area contributed by atoms with Crippen molar-refractivity contribution >= 4 is 10.0 Å². The van der Waals surface area contributed by atoms with Gasteiger partial charge in [-0.05, 0) is 30.5 Å². The maximum atomic E-state index is 12.3. The predicted octanol–water partition coefficient (Wildman–Crippen LogP) is 1.64. The Balaban J connectivity index is 2.97. The molecular formula is C13H21NO3S. The fourth-order valence-corrected chi connectivity index (χ4v) is 3.34. The number of hydrogen-bond acceptors (Lipinski definition) is 3. The SMILES string of the molecule is CCCN(CC)S(=O)(=O)c1ccc(CCO)cc1. The van der Waals surface area contributed by atoms with Gasteiger partial charge < -0.3 is 5.11 Å². The molecule has 0 unspecified atom stereocenters. The first-order valence-electron chi connectivity index (χ1n) is 6.26. The molecule has 1 aromatic carbocycles. The number of aliphatic hydroxyl groups excluding tert-OH is 1. The summed E-state index contributed by atoms with van der Waals surface area (Å²) in [6.07, 6.45) is 1.35. The van der Waals surface area contributed by atoms with Crippen LogP contribution in [0.4, 0.5) is 0 Å². The molecule has 1 aromatic rings. The Kier molecular flexibility index (Phi) is 5.78. The molecule has 0 aliphatic rings. The smallest absolute Gasteiger partial charge is 0.243 e. The Hall–Kier alpha value is -0.910. The van der Waals surface area contributed by atoms with Gasteiger partial charge in [-0.15, -0.1) is 0 Å². The Morgan fingerprint density at radius 2 is 1.78 bits per heavy atom. The molecule has 1 rings (SSSR count). The highest BCUT2D eigenvalue weighted by atomic mass is 32.2. The number of sulfonamides is 1. The molecule has 0 bridgehead atoms. The number of nitrogens with zero attached hydrogens (tertiary/aromatic N) is 1. The third-order valence-electron chi connectivity index (χ3n) is 2.79. The molecule has 102 valence electrons. The highest BCUT2D eigenvalue weighted by molar-refractivity contribution is 7.89. The molecule has 0 amide bonds. The highest BCUT2D eigenvalue weighted by Crippen LogP contribution is 2.16. The molecule has 0 atom stereocenters. The molecule has 0 heterocycles. The summed E-state index contributed by atoms with van der Waals surface area (Å²) >= 11 is 0.